The highest BCUT2D eigenvalue weighted by Gasteiger charge is 2.19. The molecule has 168 valence electrons. The molecule has 8 nitrogen and oxygen atoms in total. The van der Waals surface area contributed by atoms with Gasteiger partial charge < -0.3 is 25.2 Å². The van der Waals surface area contributed by atoms with Gasteiger partial charge in [0.25, 0.3) is 5.91 Å². The fourth-order valence-electron chi connectivity index (χ4n) is 3.29. The monoisotopic (exact) mass is 449 g/mol. The van der Waals surface area contributed by atoms with Crippen LogP contribution in [0.4, 0.5) is 14.9 Å². The summed E-state index contributed by atoms with van der Waals surface area (Å²) < 4.78 is 19.0. The van der Waals surface area contributed by atoms with Crippen molar-refractivity contribution in [2.24, 2.45) is 0 Å². The van der Waals surface area contributed by atoms with Crippen LogP contribution >= 0.6 is 11.3 Å². The van der Waals surface area contributed by atoms with Crippen molar-refractivity contribution >= 4 is 29.0 Å². The molecule has 1 fully saturated rings. The highest BCUT2D eigenvalue weighted by molar-refractivity contribution is 7.09. The first-order chi connectivity index (χ1) is 15.1. The van der Waals surface area contributed by atoms with Crippen molar-refractivity contribution in [1.82, 2.24) is 20.1 Å². The highest BCUT2D eigenvalue weighted by atomic mass is 32.1. The van der Waals surface area contributed by atoms with Gasteiger partial charge in [-0.15, -0.1) is 11.3 Å². The molecule has 1 aliphatic rings. The van der Waals surface area contributed by atoms with Gasteiger partial charge in [0.15, 0.2) is 0 Å². The van der Waals surface area contributed by atoms with Gasteiger partial charge in [0.1, 0.15) is 16.5 Å². The summed E-state index contributed by atoms with van der Waals surface area (Å²) in [4.78, 5) is 33.2. The van der Waals surface area contributed by atoms with E-state index in [-0.39, 0.29) is 18.1 Å². The molecule has 2 heterocycles. The van der Waals surface area contributed by atoms with Crippen LogP contribution in [0.5, 0.6) is 0 Å². The van der Waals surface area contributed by atoms with Gasteiger partial charge in [0, 0.05) is 32.1 Å². The molecule has 1 aromatic heterocycles. The average molecular weight is 450 g/mol. The number of likely N-dealkylation sites (tertiary alicyclic amines) is 1. The van der Waals surface area contributed by atoms with E-state index in [2.05, 4.69) is 20.5 Å². The summed E-state index contributed by atoms with van der Waals surface area (Å²) in [7, 11) is 1.54. The molecule has 2 aromatic rings. The van der Waals surface area contributed by atoms with E-state index < -0.39 is 11.8 Å². The minimum atomic E-state index is -0.510. The quantitative estimate of drug-likeness (QED) is 0.583. The van der Waals surface area contributed by atoms with Gasteiger partial charge in [0.2, 0.25) is 0 Å². The second-order valence-corrected chi connectivity index (χ2v) is 8.20. The Morgan fingerprint density at radius 2 is 2.06 bits per heavy atom. The first-order valence-corrected chi connectivity index (χ1v) is 11.2. The number of anilines is 1. The average Bonchev–Trinajstić information content (AvgIpc) is 3.45. The van der Waals surface area contributed by atoms with Crippen LogP contribution in [0.1, 0.15) is 28.3 Å². The molecule has 1 aromatic carbocycles. The van der Waals surface area contributed by atoms with Crippen LogP contribution in [-0.2, 0) is 11.3 Å². The summed E-state index contributed by atoms with van der Waals surface area (Å²) in [5.41, 5.74) is 0.440. The van der Waals surface area contributed by atoms with Gasteiger partial charge in [-0.3, -0.25) is 4.79 Å². The Morgan fingerprint density at radius 1 is 1.29 bits per heavy atom. The second kappa shape index (κ2) is 11.7. The molecule has 0 aliphatic carbocycles. The summed E-state index contributed by atoms with van der Waals surface area (Å²) in [6, 6.07) is 5.52. The number of benzene rings is 1. The van der Waals surface area contributed by atoms with Crippen LogP contribution in [-0.4, -0.2) is 73.2 Å². The number of carbonyl (C=O) groups excluding carboxylic acids is 2. The number of carbonyl (C=O) groups is 2. The Morgan fingerprint density at radius 3 is 2.81 bits per heavy atom. The molecule has 0 saturated carbocycles. The zero-order chi connectivity index (χ0) is 22.1. The van der Waals surface area contributed by atoms with Crippen molar-refractivity contribution < 1.29 is 18.7 Å². The summed E-state index contributed by atoms with van der Waals surface area (Å²) in [6.07, 6.45) is 2.43. The van der Waals surface area contributed by atoms with Crippen molar-refractivity contribution in [1.29, 1.82) is 0 Å². The number of para-hydroxylation sites is 1. The Balaban J connectivity index is 1.55. The molecule has 10 heteroatoms. The van der Waals surface area contributed by atoms with E-state index in [1.807, 2.05) is 0 Å². The van der Waals surface area contributed by atoms with Crippen LogP contribution in [0, 0.1) is 5.82 Å². The highest BCUT2D eigenvalue weighted by Crippen LogP contribution is 2.16. The predicted octanol–water partition coefficient (Wildman–Crippen LogP) is 2.79. The number of nitrogens with one attached hydrogen (secondary N) is 2. The van der Waals surface area contributed by atoms with Gasteiger partial charge >= 0.3 is 6.03 Å². The van der Waals surface area contributed by atoms with Gasteiger partial charge in [-0.05, 0) is 38.1 Å². The smallest absolute Gasteiger partial charge is 0.322 e. The number of hydrogen-bond acceptors (Lipinski definition) is 6. The Kier molecular flexibility index (Phi) is 8.74. The van der Waals surface area contributed by atoms with E-state index in [1.54, 1.807) is 24.6 Å². The summed E-state index contributed by atoms with van der Waals surface area (Å²) in [5, 5.41) is 7.77. The number of thiazole rings is 1. The molecule has 0 unspecified atom stereocenters. The molecule has 1 aliphatic heterocycles. The maximum absolute atomic E-state index is 13.9. The number of nitrogens with zero attached hydrogens (tertiary/aromatic N) is 3. The van der Waals surface area contributed by atoms with E-state index in [0.29, 0.717) is 30.4 Å². The van der Waals surface area contributed by atoms with E-state index in [0.717, 1.165) is 19.6 Å². The second-order valence-electron chi connectivity index (χ2n) is 7.26. The van der Waals surface area contributed by atoms with Crippen LogP contribution in [0.2, 0.25) is 0 Å². The van der Waals surface area contributed by atoms with Gasteiger partial charge in [-0.25, -0.2) is 14.2 Å². The lowest BCUT2D eigenvalue weighted by molar-refractivity contribution is 0.0945. The third kappa shape index (κ3) is 6.98. The number of aromatic nitrogens is 1. The Hall–Kier alpha value is -2.56. The first kappa shape index (κ1) is 23.1. The van der Waals surface area contributed by atoms with E-state index >= 15 is 0 Å². The zero-order valence-corrected chi connectivity index (χ0v) is 18.4. The van der Waals surface area contributed by atoms with Crippen molar-refractivity contribution in [2.45, 2.75) is 19.4 Å². The minimum Gasteiger partial charge on any atom is -0.383 e. The molecular weight excluding hydrogens is 421 g/mol. The van der Waals surface area contributed by atoms with Crippen LogP contribution in [0.3, 0.4) is 0 Å². The minimum absolute atomic E-state index is 0.104. The SMILES string of the molecule is COCCN(Cc1nc(C(=O)NCCN2CCCC2)cs1)C(=O)Nc1ccccc1F. The van der Waals surface area contributed by atoms with Crippen molar-refractivity contribution in [3.8, 4) is 0 Å². The molecular formula is C21H28FN5O3S. The van der Waals surface area contributed by atoms with E-state index in [4.69, 9.17) is 4.74 Å². The number of hydrogen-bond donors (Lipinski definition) is 2. The summed E-state index contributed by atoms with van der Waals surface area (Å²) >= 11 is 1.31. The maximum Gasteiger partial charge on any atom is 0.322 e. The number of rotatable bonds is 10. The first-order valence-electron chi connectivity index (χ1n) is 10.3. The summed E-state index contributed by atoms with van der Waals surface area (Å²) in [6.45, 7) is 4.40. The van der Waals surface area contributed by atoms with E-state index in [9.17, 15) is 14.0 Å². The lowest BCUT2D eigenvalue weighted by Gasteiger charge is -2.22. The third-order valence-electron chi connectivity index (χ3n) is 4.99. The van der Waals surface area contributed by atoms with Gasteiger partial charge in [0.05, 0.1) is 18.8 Å². The molecule has 3 amide bonds. The lowest BCUT2D eigenvalue weighted by atomic mass is 10.3. The normalized spacial score (nSPS) is 13.9. The number of amides is 3. The topological polar surface area (TPSA) is 86.8 Å². The number of halogens is 1. The fourth-order valence-corrected chi connectivity index (χ4v) is 4.07. The molecule has 0 bridgehead atoms. The standard InChI is InChI=1S/C21H28FN5O3S/c1-30-13-12-27(21(29)25-17-7-3-2-6-16(17)22)14-19-24-18(15-31-19)20(28)23-8-11-26-9-4-5-10-26/h2-3,6-7,15H,4-5,8-14H2,1H3,(H,23,28)(H,25,29). The molecule has 0 radical (unpaired) electrons. The summed E-state index contributed by atoms with van der Waals surface area (Å²) in [5.74, 6) is -0.731. The number of ether oxygens (including phenoxy) is 1. The molecule has 0 atom stereocenters. The fraction of sp³-hybridized carbons (Fsp3) is 0.476. The Labute approximate surface area is 185 Å². The molecule has 3 rings (SSSR count). The van der Waals surface area contributed by atoms with Crippen LogP contribution < -0.4 is 10.6 Å². The lowest BCUT2D eigenvalue weighted by Crippen LogP contribution is -2.37. The zero-order valence-electron chi connectivity index (χ0n) is 17.6. The molecule has 0 spiro atoms. The van der Waals surface area contributed by atoms with Gasteiger partial charge in [-0.2, -0.15) is 0 Å². The Bertz CT molecular complexity index is 872. The maximum atomic E-state index is 13.9. The van der Waals surface area contributed by atoms with E-state index in [1.165, 1.54) is 41.2 Å². The predicted molar refractivity (Wildman–Crippen MR) is 118 cm³/mol. The number of urea groups is 1. The van der Waals surface area contributed by atoms with Crippen molar-refractivity contribution in [2.75, 3.05) is 51.8 Å². The van der Waals surface area contributed by atoms with Gasteiger partial charge in [-0.1, -0.05) is 12.1 Å². The van der Waals surface area contributed by atoms with Crippen LogP contribution in [0.15, 0.2) is 29.6 Å². The molecule has 31 heavy (non-hydrogen) atoms. The molecule has 2 N–H and O–H groups in total. The number of methoxy groups -OCH3 is 1. The largest absolute Gasteiger partial charge is 0.383 e. The van der Waals surface area contributed by atoms with Crippen molar-refractivity contribution in [3.63, 3.8) is 0 Å². The van der Waals surface area contributed by atoms with Crippen molar-refractivity contribution in [3.05, 3.63) is 46.2 Å². The van der Waals surface area contributed by atoms with Crippen LogP contribution in [0.25, 0.3) is 0 Å². The third-order valence-corrected chi connectivity index (χ3v) is 5.82. The molecule has 1 saturated heterocycles.